The Kier molecular flexibility index (Phi) is 2.50. The minimum absolute atomic E-state index is 0.0217. The maximum atomic E-state index is 12.4. The molecule has 0 bridgehead atoms. The molecule has 3 heterocycles. The van der Waals surface area contributed by atoms with Gasteiger partial charge < -0.3 is 5.32 Å². The molecule has 2 fully saturated rings. The summed E-state index contributed by atoms with van der Waals surface area (Å²) >= 11 is 1.49. The lowest BCUT2D eigenvalue weighted by Crippen LogP contribution is -2.31. The van der Waals surface area contributed by atoms with Gasteiger partial charge in [0.2, 0.25) is 11.8 Å². The van der Waals surface area contributed by atoms with E-state index in [0.29, 0.717) is 5.13 Å². The minimum Gasteiger partial charge on any atom is -0.311 e. The first kappa shape index (κ1) is 11.5. The number of thiazole rings is 1. The van der Waals surface area contributed by atoms with Gasteiger partial charge in [-0.2, -0.15) is 0 Å². The molecule has 1 N–H and O–H groups in total. The molecule has 2 amide bonds. The highest BCUT2D eigenvalue weighted by Crippen LogP contribution is 2.43. The van der Waals surface area contributed by atoms with Crippen molar-refractivity contribution in [3.63, 3.8) is 0 Å². The molecular formula is C13H15N3O2S. The molecular weight excluding hydrogens is 262 g/mol. The number of rotatable bonds is 1. The number of carbonyl (C=O) groups is 2. The van der Waals surface area contributed by atoms with Crippen LogP contribution in [0.3, 0.4) is 0 Å². The summed E-state index contributed by atoms with van der Waals surface area (Å²) in [6.45, 7) is 1.72. The van der Waals surface area contributed by atoms with Gasteiger partial charge in [0, 0.05) is 24.4 Å². The minimum atomic E-state index is -0.0773. The van der Waals surface area contributed by atoms with E-state index in [1.165, 1.54) is 21.1 Å². The molecule has 2 unspecified atom stereocenters. The number of carbonyl (C=O) groups excluding carboxylic acids is 2. The summed E-state index contributed by atoms with van der Waals surface area (Å²) in [6, 6.07) is 0. The smallest absolute Gasteiger partial charge is 0.239 e. The number of hydrogen-bond donors (Lipinski definition) is 1. The Bertz CT molecular complexity index is 523. The Balaban J connectivity index is 1.70. The molecule has 2 aliphatic heterocycles. The van der Waals surface area contributed by atoms with Crippen LogP contribution < -0.4 is 10.2 Å². The highest BCUT2D eigenvalue weighted by molar-refractivity contribution is 7.16. The standard InChI is InChI=1S/C13H15N3O2S/c17-11-7-2-1-3-8(7)12(18)16(11)13-15-9-4-5-14-6-10(9)19-13/h7-8,14H,1-6H2. The fourth-order valence-electron chi connectivity index (χ4n) is 3.39. The quantitative estimate of drug-likeness (QED) is 0.780. The van der Waals surface area contributed by atoms with E-state index >= 15 is 0 Å². The number of aromatic nitrogens is 1. The van der Waals surface area contributed by atoms with Crippen molar-refractivity contribution in [3.05, 3.63) is 10.6 Å². The Morgan fingerprint density at radius 3 is 2.63 bits per heavy atom. The summed E-state index contributed by atoms with van der Waals surface area (Å²) in [5.74, 6) is -0.198. The van der Waals surface area contributed by atoms with Crippen molar-refractivity contribution in [2.75, 3.05) is 11.4 Å². The van der Waals surface area contributed by atoms with Crippen LogP contribution >= 0.6 is 11.3 Å². The molecule has 100 valence electrons. The second-order valence-corrected chi connectivity index (χ2v) is 6.51. The highest BCUT2D eigenvalue weighted by Gasteiger charge is 2.51. The molecule has 1 aromatic rings. The zero-order chi connectivity index (χ0) is 13.0. The van der Waals surface area contributed by atoms with Crippen LogP contribution in [0.5, 0.6) is 0 Å². The van der Waals surface area contributed by atoms with E-state index in [1.807, 2.05) is 0 Å². The van der Waals surface area contributed by atoms with Crippen LogP contribution in [0.4, 0.5) is 5.13 Å². The van der Waals surface area contributed by atoms with Crippen LogP contribution in [-0.4, -0.2) is 23.3 Å². The van der Waals surface area contributed by atoms with Crippen LogP contribution in [0.15, 0.2) is 0 Å². The van der Waals surface area contributed by atoms with Crippen LogP contribution in [0.1, 0.15) is 29.8 Å². The summed E-state index contributed by atoms with van der Waals surface area (Å²) in [7, 11) is 0. The zero-order valence-corrected chi connectivity index (χ0v) is 11.3. The zero-order valence-electron chi connectivity index (χ0n) is 10.5. The van der Waals surface area contributed by atoms with Gasteiger partial charge in [0.1, 0.15) is 0 Å². The van der Waals surface area contributed by atoms with E-state index in [4.69, 9.17) is 0 Å². The van der Waals surface area contributed by atoms with Crippen molar-refractivity contribution in [2.45, 2.75) is 32.2 Å². The fraction of sp³-hybridized carbons (Fsp3) is 0.615. The van der Waals surface area contributed by atoms with Gasteiger partial charge in [-0.3, -0.25) is 9.59 Å². The summed E-state index contributed by atoms with van der Waals surface area (Å²) in [5, 5.41) is 3.88. The molecule has 1 saturated heterocycles. The van der Waals surface area contributed by atoms with Gasteiger partial charge in [-0.25, -0.2) is 9.88 Å². The predicted molar refractivity (Wildman–Crippen MR) is 70.8 cm³/mol. The van der Waals surface area contributed by atoms with E-state index in [1.54, 1.807) is 0 Å². The lowest BCUT2D eigenvalue weighted by molar-refractivity contribution is -0.122. The van der Waals surface area contributed by atoms with Crippen molar-refractivity contribution < 1.29 is 9.59 Å². The molecule has 6 heteroatoms. The second-order valence-electron chi connectivity index (χ2n) is 5.45. The normalized spacial score (nSPS) is 29.8. The number of imide groups is 1. The second kappa shape index (κ2) is 4.11. The highest BCUT2D eigenvalue weighted by atomic mass is 32.1. The lowest BCUT2D eigenvalue weighted by atomic mass is 10.00. The molecule has 1 saturated carbocycles. The Morgan fingerprint density at radius 2 is 1.95 bits per heavy atom. The number of nitrogens with zero attached hydrogens (tertiary/aromatic N) is 2. The van der Waals surface area contributed by atoms with Crippen molar-refractivity contribution in [1.29, 1.82) is 0 Å². The van der Waals surface area contributed by atoms with Gasteiger partial charge in [-0.1, -0.05) is 17.8 Å². The first-order chi connectivity index (χ1) is 9.25. The van der Waals surface area contributed by atoms with Crippen molar-refractivity contribution in [3.8, 4) is 0 Å². The average molecular weight is 277 g/mol. The molecule has 2 atom stereocenters. The van der Waals surface area contributed by atoms with E-state index in [0.717, 1.165) is 44.5 Å². The van der Waals surface area contributed by atoms with Crippen LogP contribution in [-0.2, 0) is 22.6 Å². The fourth-order valence-corrected chi connectivity index (χ4v) is 4.47. The Morgan fingerprint density at radius 1 is 1.21 bits per heavy atom. The SMILES string of the molecule is O=C1C2CCCC2C(=O)N1c1nc2c(s1)CNCC2. The molecule has 3 aliphatic rings. The van der Waals surface area contributed by atoms with Gasteiger partial charge in [0.05, 0.1) is 17.5 Å². The molecule has 0 radical (unpaired) electrons. The maximum absolute atomic E-state index is 12.4. The topological polar surface area (TPSA) is 62.3 Å². The van der Waals surface area contributed by atoms with Crippen LogP contribution in [0.2, 0.25) is 0 Å². The predicted octanol–water partition coefficient (Wildman–Crippen LogP) is 1.08. The first-order valence-electron chi connectivity index (χ1n) is 6.83. The number of nitrogens with one attached hydrogen (secondary N) is 1. The van der Waals surface area contributed by atoms with Crippen LogP contribution in [0.25, 0.3) is 0 Å². The molecule has 4 rings (SSSR count). The molecule has 1 aromatic heterocycles. The molecule has 0 aromatic carbocycles. The summed E-state index contributed by atoms with van der Waals surface area (Å²) in [5.41, 5.74) is 1.05. The number of anilines is 1. The molecule has 1 aliphatic carbocycles. The van der Waals surface area contributed by atoms with Gasteiger partial charge in [0.25, 0.3) is 0 Å². The number of hydrogen-bond acceptors (Lipinski definition) is 5. The molecule has 0 spiro atoms. The van der Waals surface area contributed by atoms with Crippen molar-refractivity contribution >= 4 is 28.3 Å². The monoisotopic (exact) mass is 277 g/mol. The average Bonchev–Trinajstić information content (AvgIpc) is 3.08. The van der Waals surface area contributed by atoms with E-state index < -0.39 is 0 Å². The largest absolute Gasteiger partial charge is 0.311 e. The first-order valence-corrected chi connectivity index (χ1v) is 7.64. The van der Waals surface area contributed by atoms with Crippen LogP contribution in [0, 0.1) is 11.8 Å². The van der Waals surface area contributed by atoms with E-state index in [2.05, 4.69) is 10.3 Å². The van der Waals surface area contributed by atoms with E-state index in [9.17, 15) is 9.59 Å². The summed E-state index contributed by atoms with van der Waals surface area (Å²) < 4.78 is 0. The molecule has 5 nitrogen and oxygen atoms in total. The van der Waals surface area contributed by atoms with Crippen molar-refractivity contribution in [2.24, 2.45) is 11.8 Å². The Labute approximate surface area is 115 Å². The van der Waals surface area contributed by atoms with Crippen molar-refractivity contribution in [1.82, 2.24) is 10.3 Å². The third-order valence-corrected chi connectivity index (χ3v) is 5.46. The van der Waals surface area contributed by atoms with Gasteiger partial charge in [0.15, 0.2) is 5.13 Å². The Hall–Kier alpha value is -1.27. The van der Waals surface area contributed by atoms with E-state index in [-0.39, 0.29) is 23.7 Å². The lowest BCUT2D eigenvalue weighted by Gasteiger charge is -2.11. The number of fused-ring (bicyclic) bond motifs is 2. The number of amides is 2. The van der Waals surface area contributed by atoms with Gasteiger partial charge in [-0.05, 0) is 12.8 Å². The van der Waals surface area contributed by atoms with Gasteiger partial charge >= 0.3 is 0 Å². The van der Waals surface area contributed by atoms with Gasteiger partial charge in [-0.15, -0.1) is 0 Å². The molecule has 19 heavy (non-hydrogen) atoms. The maximum Gasteiger partial charge on any atom is 0.239 e. The summed E-state index contributed by atoms with van der Waals surface area (Å²) in [6.07, 6.45) is 3.60. The summed E-state index contributed by atoms with van der Waals surface area (Å²) in [4.78, 5) is 31.8. The third-order valence-electron chi connectivity index (χ3n) is 4.37. The third kappa shape index (κ3) is 1.59.